The van der Waals surface area contributed by atoms with Gasteiger partial charge in [-0.25, -0.2) is 27.2 Å². The SMILES string of the molecule is O=S(=O)(c1cccc(F)c1)N1CCC[C@@H](Nc2nccc(-c3c(-c4ccc(F)cc4)nc4occn34)n2)C1. The average molecular weight is 537 g/mol. The van der Waals surface area contributed by atoms with Gasteiger partial charge in [0.25, 0.3) is 0 Å². The van der Waals surface area contributed by atoms with Gasteiger partial charge in [-0.1, -0.05) is 6.07 Å². The summed E-state index contributed by atoms with van der Waals surface area (Å²) in [5.74, 6) is -0.277. The van der Waals surface area contributed by atoms with E-state index in [2.05, 4.69) is 20.3 Å². The van der Waals surface area contributed by atoms with Gasteiger partial charge < -0.3 is 9.73 Å². The summed E-state index contributed by atoms with van der Waals surface area (Å²) in [5, 5.41) is 3.25. The van der Waals surface area contributed by atoms with Crippen molar-refractivity contribution < 1.29 is 21.6 Å². The van der Waals surface area contributed by atoms with Gasteiger partial charge in [0, 0.05) is 37.1 Å². The molecule has 1 aliphatic rings. The molecular weight excluding hydrogens is 514 g/mol. The Morgan fingerprint density at radius 1 is 1.03 bits per heavy atom. The molecule has 1 saturated heterocycles. The van der Waals surface area contributed by atoms with Gasteiger partial charge in [0.15, 0.2) is 0 Å². The monoisotopic (exact) mass is 536 g/mol. The summed E-state index contributed by atoms with van der Waals surface area (Å²) in [6.45, 7) is 0.527. The zero-order valence-corrected chi connectivity index (χ0v) is 20.8. The summed E-state index contributed by atoms with van der Waals surface area (Å²) in [4.78, 5) is 13.5. The highest BCUT2D eigenvalue weighted by Crippen LogP contribution is 2.32. The predicted molar refractivity (Wildman–Crippen MR) is 136 cm³/mol. The molecule has 1 aliphatic heterocycles. The van der Waals surface area contributed by atoms with Crippen LogP contribution in [0.3, 0.4) is 0 Å². The summed E-state index contributed by atoms with van der Waals surface area (Å²) in [6, 6.07) is 12.5. The topological polar surface area (TPSA) is 106 Å². The van der Waals surface area contributed by atoms with Crippen LogP contribution in [0.2, 0.25) is 0 Å². The molecule has 194 valence electrons. The molecular formula is C26H22F2N6O3S. The van der Waals surface area contributed by atoms with Crippen molar-refractivity contribution in [3.8, 4) is 22.6 Å². The maximum Gasteiger partial charge on any atom is 0.306 e. The Morgan fingerprint density at radius 3 is 2.68 bits per heavy atom. The van der Waals surface area contributed by atoms with Crippen molar-refractivity contribution in [1.29, 1.82) is 0 Å². The fourth-order valence-electron chi connectivity index (χ4n) is 4.64. The molecule has 1 fully saturated rings. The highest BCUT2D eigenvalue weighted by Gasteiger charge is 2.31. The maximum absolute atomic E-state index is 13.7. The molecule has 0 aliphatic carbocycles. The molecule has 38 heavy (non-hydrogen) atoms. The van der Waals surface area contributed by atoms with E-state index in [0.717, 1.165) is 6.07 Å². The Hall–Kier alpha value is -4.16. The number of nitrogens with zero attached hydrogens (tertiary/aromatic N) is 5. The van der Waals surface area contributed by atoms with Gasteiger partial charge in [-0.15, -0.1) is 0 Å². The number of hydrogen-bond donors (Lipinski definition) is 1. The number of nitrogens with one attached hydrogen (secondary N) is 1. The number of imidazole rings is 1. The molecule has 0 bridgehead atoms. The molecule has 5 aromatic rings. The molecule has 6 rings (SSSR count). The van der Waals surface area contributed by atoms with Crippen molar-refractivity contribution in [2.45, 2.75) is 23.8 Å². The second kappa shape index (κ2) is 9.62. The molecule has 4 heterocycles. The molecule has 0 spiro atoms. The van der Waals surface area contributed by atoms with Gasteiger partial charge in [-0.3, -0.25) is 4.40 Å². The highest BCUT2D eigenvalue weighted by atomic mass is 32.2. The van der Waals surface area contributed by atoms with E-state index in [1.54, 1.807) is 35.0 Å². The number of aromatic nitrogens is 4. The van der Waals surface area contributed by atoms with Crippen LogP contribution in [0.4, 0.5) is 14.7 Å². The van der Waals surface area contributed by atoms with Gasteiger partial charge in [-0.2, -0.15) is 9.29 Å². The number of piperidine rings is 1. The molecule has 0 amide bonds. The summed E-state index contributed by atoms with van der Waals surface area (Å²) < 4.78 is 62.0. The first-order valence-electron chi connectivity index (χ1n) is 12.0. The highest BCUT2D eigenvalue weighted by molar-refractivity contribution is 7.89. The lowest BCUT2D eigenvalue weighted by Gasteiger charge is -2.32. The minimum Gasteiger partial charge on any atom is -0.432 e. The van der Waals surface area contributed by atoms with Gasteiger partial charge in [0.05, 0.1) is 10.6 Å². The molecule has 0 saturated carbocycles. The smallest absolute Gasteiger partial charge is 0.306 e. The first kappa shape index (κ1) is 24.2. The van der Waals surface area contributed by atoms with Gasteiger partial charge in [-0.05, 0) is 61.4 Å². The summed E-state index contributed by atoms with van der Waals surface area (Å²) in [6.07, 6.45) is 6.16. The van der Waals surface area contributed by atoms with Crippen LogP contribution in [-0.2, 0) is 10.0 Å². The summed E-state index contributed by atoms with van der Waals surface area (Å²) in [5.41, 5.74) is 2.46. The minimum atomic E-state index is -3.85. The third-order valence-corrected chi connectivity index (χ3v) is 8.29. The van der Waals surface area contributed by atoms with Crippen molar-refractivity contribution in [1.82, 2.24) is 23.7 Å². The van der Waals surface area contributed by atoms with E-state index in [-0.39, 0.29) is 23.3 Å². The summed E-state index contributed by atoms with van der Waals surface area (Å²) in [7, 11) is -3.85. The fourth-order valence-corrected chi connectivity index (χ4v) is 6.19. The van der Waals surface area contributed by atoms with Gasteiger partial charge in [0.2, 0.25) is 16.0 Å². The molecule has 9 nitrogen and oxygen atoms in total. The van der Waals surface area contributed by atoms with Crippen molar-refractivity contribution in [2.24, 2.45) is 0 Å². The number of fused-ring (bicyclic) bond motifs is 1. The van der Waals surface area contributed by atoms with E-state index in [9.17, 15) is 17.2 Å². The van der Waals surface area contributed by atoms with Crippen molar-refractivity contribution in [3.63, 3.8) is 0 Å². The average Bonchev–Trinajstić information content (AvgIpc) is 3.51. The lowest BCUT2D eigenvalue weighted by molar-refractivity contribution is 0.326. The van der Waals surface area contributed by atoms with Crippen LogP contribution in [-0.4, -0.2) is 51.2 Å². The Labute approximate surface area is 216 Å². The lowest BCUT2D eigenvalue weighted by Crippen LogP contribution is -2.45. The fraction of sp³-hybridized carbons (Fsp3) is 0.192. The molecule has 1 atom stereocenters. The molecule has 0 unspecified atom stereocenters. The van der Waals surface area contributed by atoms with Crippen LogP contribution < -0.4 is 5.32 Å². The predicted octanol–water partition coefficient (Wildman–Crippen LogP) is 4.59. The number of rotatable bonds is 6. The Bertz CT molecular complexity index is 1720. The normalized spacial score (nSPS) is 16.6. The maximum atomic E-state index is 13.7. The lowest BCUT2D eigenvalue weighted by atomic mass is 10.1. The Morgan fingerprint density at radius 2 is 1.87 bits per heavy atom. The van der Waals surface area contributed by atoms with Gasteiger partial charge >= 0.3 is 5.84 Å². The Kier molecular flexibility index (Phi) is 6.12. The molecule has 3 aromatic heterocycles. The van der Waals surface area contributed by atoms with E-state index in [0.29, 0.717) is 53.8 Å². The first-order valence-corrected chi connectivity index (χ1v) is 13.4. The second-order valence-electron chi connectivity index (χ2n) is 8.94. The zero-order valence-electron chi connectivity index (χ0n) is 20.0. The number of oxazole rings is 1. The summed E-state index contributed by atoms with van der Waals surface area (Å²) >= 11 is 0. The van der Waals surface area contributed by atoms with Crippen LogP contribution in [0.25, 0.3) is 28.5 Å². The van der Waals surface area contributed by atoms with E-state index in [4.69, 9.17) is 4.42 Å². The van der Waals surface area contributed by atoms with Crippen LogP contribution >= 0.6 is 0 Å². The first-order chi connectivity index (χ1) is 18.4. The second-order valence-corrected chi connectivity index (χ2v) is 10.9. The third kappa shape index (κ3) is 4.52. The number of benzene rings is 2. The third-order valence-electron chi connectivity index (χ3n) is 6.43. The number of anilines is 1. The van der Waals surface area contributed by atoms with Crippen molar-refractivity contribution in [2.75, 3.05) is 18.4 Å². The standard InChI is InChI=1S/C26H22F2N6O3S/c27-18-8-6-17(7-9-18)23-24(34-13-14-37-26(34)32-23)22-10-11-29-25(31-22)30-20-4-2-12-33(16-20)38(35,36)21-5-1-3-19(28)15-21/h1,3,5-11,13-15,20H,2,4,12,16H2,(H,29,30,31)/t20-/m1/s1. The number of sulfonamides is 1. The molecule has 12 heteroatoms. The van der Waals surface area contributed by atoms with E-state index in [1.165, 1.54) is 40.9 Å². The largest absolute Gasteiger partial charge is 0.432 e. The quantitative estimate of drug-likeness (QED) is 0.338. The van der Waals surface area contributed by atoms with Crippen molar-refractivity contribution >= 4 is 21.8 Å². The van der Waals surface area contributed by atoms with E-state index in [1.807, 2.05) is 0 Å². The van der Waals surface area contributed by atoms with E-state index >= 15 is 0 Å². The van der Waals surface area contributed by atoms with Crippen LogP contribution in [0, 0.1) is 11.6 Å². The molecule has 2 aromatic carbocycles. The molecule has 0 radical (unpaired) electrons. The number of halogens is 2. The number of hydrogen-bond acceptors (Lipinski definition) is 7. The van der Waals surface area contributed by atoms with Crippen molar-refractivity contribution in [3.05, 3.63) is 84.9 Å². The zero-order chi connectivity index (χ0) is 26.3. The molecule has 1 N–H and O–H groups in total. The van der Waals surface area contributed by atoms with Gasteiger partial charge in [0.1, 0.15) is 29.3 Å². The van der Waals surface area contributed by atoms with Crippen LogP contribution in [0.1, 0.15) is 12.8 Å². The van der Waals surface area contributed by atoms with Crippen LogP contribution in [0.5, 0.6) is 0 Å². The van der Waals surface area contributed by atoms with E-state index < -0.39 is 15.8 Å². The Balaban J connectivity index is 1.28. The van der Waals surface area contributed by atoms with Crippen LogP contribution in [0.15, 0.2) is 82.6 Å². The minimum absolute atomic E-state index is 0.0745.